The molecular formula is C20H19N3O. The summed E-state index contributed by atoms with van der Waals surface area (Å²) < 4.78 is 5.28. The Labute approximate surface area is 141 Å². The van der Waals surface area contributed by atoms with Gasteiger partial charge in [-0.1, -0.05) is 42.5 Å². The van der Waals surface area contributed by atoms with E-state index in [1.54, 1.807) is 7.11 Å². The highest BCUT2D eigenvalue weighted by Gasteiger charge is 2.31. The van der Waals surface area contributed by atoms with E-state index in [9.17, 15) is 0 Å². The van der Waals surface area contributed by atoms with Gasteiger partial charge in [0.1, 0.15) is 11.6 Å². The molecule has 4 nitrogen and oxygen atoms in total. The zero-order valence-electron chi connectivity index (χ0n) is 13.5. The number of nitrogens with zero attached hydrogens (tertiary/aromatic N) is 3. The summed E-state index contributed by atoms with van der Waals surface area (Å²) in [5.41, 5.74) is 2.50. The van der Waals surface area contributed by atoms with Crippen LogP contribution >= 0.6 is 0 Å². The van der Waals surface area contributed by atoms with Crippen LogP contribution < -0.4 is 4.74 Å². The van der Waals surface area contributed by atoms with Gasteiger partial charge in [-0.2, -0.15) is 0 Å². The van der Waals surface area contributed by atoms with Crippen LogP contribution in [0.1, 0.15) is 29.6 Å². The number of aliphatic imine (C=N–C) groups is 2. The summed E-state index contributed by atoms with van der Waals surface area (Å²) in [5.74, 6) is 1.79. The predicted octanol–water partition coefficient (Wildman–Crippen LogP) is 4.14. The minimum atomic E-state index is 0.141. The van der Waals surface area contributed by atoms with Gasteiger partial charge in [0.2, 0.25) is 0 Å². The first-order valence-electron chi connectivity index (χ1n) is 8.10. The Morgan fingerprint density at radius 1 is 1.00 bits per heavy atom. The van der Waals surface area contributed by atoms with E-state index in [1.807, 2.05) is 36.8 Å². The van der Waals surface area contributed by atoms with E-state index in [4.69, 9.17) is 9.73 Å². The van der Waals surface area contributed by atoms with Crippen LogP contribution in [-0.4, -0.2) is 24.1 Å². The summed E-state index contributed by atoms with van der Waals surface area (Å²) in [4.78, 5) is 11.4. The molecule has 2 unspecified atom stereocenters. The van der Waals surface area contributed by atoms with Crippen LogP contribution in [0.25, 0.3) is 0 Å². The Bertz CT molecular complexity index is 793. The molecule has 2 atom stereocenters. The summed E-state index contributed by atoms with van der Waals surface area (Å²) in [5, 5.41) is 0. The molecule has 0 bridgehead atoms. The molecule has 2 aliphatic heterocycles. The second kappa shape index (κ2) is 6.32. The SMILES string of the molecule is COc1ccc(C2CC(c3ccccc3)N=C3C=NC=CN32)cc1. The Morgan fingerprint density at radius 2 is 1.79 bits per heavy atom. The summed E-state index contributed by atoms with van der Waals surface area (Å²) in [7, 11) is 1.69. The molecule has 4 heteroatoms. The number of rotatable bonds is 3. The zero-order valence-corrected chi connectivity index (χ0v) is 13.5. The van der Waals surface area contributed by atoms with Crippen LogP contribution in [0.2, 0.25) is 0 Å². The van der Waals surface area contributed by atoms with E-state index < -0.39 is 0 Å². The molecule has 0 aliphatic carbocycles. The van der Waals surface area contributed by atoms with Gasteiger partial charge in [-0.25, -0.2) is 0 Å². The van der Waals surface area contributed by atoms with Crippen molar-refractivity contribution in [3.63, 3.8) is 0 Å². The first-order chi connectivity index (χ1) is 11.8. The third-order valence-electron chi connectivity index (χ3n) is 4.52. The lowest BCUT2D eigenvalue weighted by molar-refractivity contribution is 0.337. The quantitative estimate of drug-likeness (QED) is 0.853. The summed E-state index contributed by atoms with van der Waals surface area (Å²) in [6.45, 7) is 0. The van der Waals surface area contributed by atoms with Crippen molar-refractivity contribution < 1.29 is 4.74 Å². The monoisotopic (exact) mass is 317 g/mol. The molecule has 0 saturated carbocycles. The molecule has 0 aromatic heterocycles. The lowest BCUT2D eigenvalue weighted by atomic mass is 9.92. The van der Waals surface area contributed by atoms with Crippen molar-refractivity contribution in [1.82, 2.24) is 4.90 Å². The molecule has 0 spiro atoms. The fourth-order valence-corrected chi connectivity index (χ4v) is 3.27. The van der Waals surface area contributed by atoms with Crippen LogP contribution in [0.3, 0.4) is 0 Å². The highest BCUT2D eigenvalue weighted by atomic mass is 16.5. The van der Waals surface area contributed by atoms with E-state index in [0.29, 0.717) is 0 Å². The first-order valence-corrected chi connectivity index (χ1v) is 8.10. The maximum absolute atomic E-state index is 5.28. The van der Waals surface area contributed by atoms with Crippen molar-refractivity contribution in [3.05, 3.63) is 78.1 Å². The maximum Gasteiger partial charge on any atom is 0.147 e. The zero-order chi connectivity index (χ0) is 16.4. The van der Waals surface area contributed by atoms with E-state index in [2.05, 4.69) is 46.3 Å². The number of hydrogen-bond donors (Lipinski definition) is 0. The molecular weight excluding hydrogens is 298 g/mol. The van der Waals surface area contributed by atoms with Crippen LogP contribution in [0.5, 0.6) is 5.75 Å². The molecule has 0 radical (unpaired) electrons. The Hall–Kier alpha value is -2.88. The van der Waals surface area contributed by atoms with Gasteiger partial charge in [0.25, 0.3) is 0 Å². The molecule has 2 heterocycles. The minimum Gasteiger partial charge on any atom is -0.497 e. The Balaban J connectivity index is 1.71. The van der Waals surface area contributed by atoms with Gasteiger partial charge in [-0.3, -0.25) is 9.98 Å². The highest BCUT2D eigenvalue weighted by Crippen LogP contribution is 2.38. The summed E-state index contributed by atoms with van der Waals surface area (Å²) in [6.07, 6.45) is 6.59. The molecule has 24 heavy (non-hydrogen) atoms. The van der Waals surface area contributed by atoms with Crippen molar-refractivity contribution in [2.45, 2.75) is 18.5 Å². The molecule has 0 fully saturated rings. The Morgan fingerprint density at radius 3 is 2.54 bits per heavy atom. The van der Waals surface area contributed by atoms with Crippen molar-refractivity contribution >= 4 is 12.1 Å². The molecule has 0 N–H and O–H groups in total. The third-order valence-corrected chi connectivity index (χ3v) is 4.52. The molecule has 0 amide bonds. The Kier molecular flexibility index (Phi) is 3.87. The van der Waals surface area contributed by atoms with E-state index in [1.165, 1.54) is 11.1 Å². The average Bonchev–Trinajstić information content (AvgIpc) is 2.68. The van der Waals surface area contributed by atoms with Crippen molar-refractivity contribution in [1.29, 1.82) is 0 Å². The lowest BCUT2D eigenvalue weighted by Gasteiger charge is -2.38. The van der Waals surface area contributed by atoms with Crippen molar-refractivity contribution in [2.75, 3.05) is 7.11 Å². The van der Waals surface area contributed by atoms with Crippen LogP contribution in [0.4, 0.5) is 0 Å². The molecule has 120 valence electrons. The van der Waals surface area contributed by atoms with Gasteiger partial charge < -0.3 is 9.64 Å². The van der Waals surface area contributed by atoms with Crippen LogP contribution in [0, 0.1) is 0 Å². The predicted molar refractivity (Wildman–Crippen MR) is 96.4 cm³/mol. The maximum atomic E-state index is 5.28. The van der Waals surface area contributed by atoms with Gasteiger partial charge in [0, 0.05) is 12.4 Å². The number of benzene rings is 2. The molecule has 2 aromatic carbocycles. The molecule has 2 aliphatic rings. The summed E-state index contributed by atoms with van der Waals surface area (Å²) in [6, 6.07) is 19.1. The van der Waals surface area contributed by atoms with Gasteiger partial charge in [-0.05, 0) is 29.7 Å². The van der Waals surface area contributed by atoms with E-state index >= 15 is 0 Å². The van der Waals surface area contributed by atoms with Crippen molar-refractivity contribution in [2.24, 2.45) is 9.98 Å². The normalized spacial score (nSPS) is 22.0. The lowest BCUT2D eigenvalue weighted by Crippen LogP contribution is -2.37. The third kappa shape index (κ3) is 2.71. The first kappa shape index (κ1) is 14.7. The van der Waals surface area contributed by atoms with Crippen LogP contribution in [0.15, 0.2) is 77.0 Å². The van der Waals surface area contributed by atoms with Gasteiger partial charge in [0.05, 0.1) is 25.4 Å². The largest absolute Gasteiger partial charge is 0.497 e. The second-order valence-corrected chi connectivity index (χ2v) is 5.92. The highest BCUT2D eigenvalue weighted by molar-refractivity contribution is 6.30. The minimum absolute atomic E-state index is 0.141. The fourth-order valence-electron chi connectivity index (χ4n) is 3.27. The summed E-state index contributed by atoms with van der Waals surface area (Å²) >= 11 is 0. The average molecular weight is 317 g/mol. The number of methoxy groups -OCH3 is 1. The number of amidine groups is 1. The van der Waals surface area contributed by atoms with E-state index in [0.717, 1.165) is 18.0 Å². The molecule has 0 saturated heterocycles. The molecule has 4 rings (SSSR count). The second-order valence-electron chi connectivity index (χ2n) is 5.92. The van der Waals surface area contributed by atoms with Crippen LogP contribution in [-0.2, 0) is 0 Å². The standard InChI is InChI=1S/C20H19N3O/c1-24-17-9-7-16(8-10-17)19-13-18(15-5-3-2-4-6-15)22-20-14-21-11-12-23(19)20/h2-12,14,18-19H,13H2,1H3. The van der Waals surface area contributed by atoms with E-state index in [-0.39, 0.29) is 12.1 Å². The fraction of sp³-hybridized carbons (Fsp3) is 0.200. The number of ether oxygens (including phenoxy) is 1. The molecule has 2 aromatic rings. The van der Waals surface area contributed by atoms with Gasteiger partial charge >= 0.3 is 0 Å². The smallest absolute Gasteiger partial charge is 0.147 e. The topological polar surface area (TPSA) is 37.2 Å². The number of fused-ring (bicyclic) bond motifs is 1. The van der Waals surface area contributed by atoms with Crippen molar-refractivity contribution in [3.8, 4) is 5.75 Å². The number of hydrogen-bond acceptors (Lipinski definition) is 4. The van der Waals surface area contributed by atoms with Gasteiger partial charge in [0.15, 0.2) is 0 Å². The van der Waals surface area contributed by atoms with Gasteiger partial charge in [-0.15, -0.1) is 0 Å².